The molecule has 0 radical (unpaired) electrons. The van der Waals surface area contributed by atoms with Crippen molar-refractivity contribution >= 4 is 23.3 Å². The molecule has 1 aromatic carbocycles. The van der Waals surface area contributed by atoms with Crippen LogP contribution in [-0.2, 0) is 4.74 Å². The fraction of sp³-hybridized carbons (Fsp3) is 0.312. The van der Waals surface area contributed by atoms with Gasteiger partial charge in [-0.2, -0.15) is 0 Å². The molecule has 0 saturated carbocycles. The predicted octanol–water partition coefficient (Wildman–Crippen LogP) is 3.07. The van der Waals surface area contributed by atoms with Gasteiger partial charge in [-0.05, 0) is 24.1 Å². The molecule has 0 unspecified atom stereocenters. The highest BCUT2D eigenvalue weighted by atomic mass is 16.5. The summed E-state index contributed by atoms with van der Waals surface area (Å²) in [7, 11) is 1.36. The summed E-state index contributed by atoms with van der Waals surface area (Å²) in [5.41, 5.74) is 1.25. The molecule has 0 saturated heterocycles. The van der Waals surface area contributed by atoms with Crippen molar-refractivity contribution in [2.75, 3.05) is 24.3 Å². The van der Waals surface area contributed by atoms with Crippen LogP contribution in [0, 0.1) is 5.92 Å². The number of anilines is 3. The van der Waals surface area contributed by atoms with Gasteiger partial charge in [0.05, 0.1) is 12.7 Å². The second kappa shape index (κ2) is 7.40. The van der Waals surface area contributed by atoms with Gasteiger partial charge < -0.3 is 15.4 Å². The van der Waals surface area contributed by atoms with Gasteiger partial charge in [0.2, 0.25) is 0 Å². The second-order valence-electron chi connectivity index (χ2n) is 5.26. The lowest BCUT2D eigenvalue weighted by molar-refractivity contribution is 0.0601. The number of nitrogens with one attached hydrogen (secondary N) is 2. The first-order valence-electron chi connectivity index (χ1n) is 7.10. The lowest BCUT2D eigenvalue weighted by Gasteiger charge is -2.10. The maximum Gasteiger partial charge on any atom is 0.337 e. The number of hydrogen-bond acceptors (Lipinski definition) is 6. The normalized spacial score (nSPS) is 10.4. The van der Waals surface area contributed by atoms with E-state index in [0.717, 1.165) is 18.1 Å². The number of aromatic nitrogens is 2. The molecule has 2 aromatic rings. The molecule has 0 fully saturated rings. The summed E-state index contributed by atoms with van der Waals surface area (Å²) in [5.74, 6) is 1.58. The molecule has 0 spiro atoms. The van der Waals surface area contributed by atoms with Gasteiger partial charge in [0.25, 0.3) is 0 Å². The Bertz CT molecular complexity index is 644. The highest BCUT2D eigenvalue weighted by Crippen LogP contribution is 2.18. The van der Waals surface area contributed by atoms with Crippen LogP contribution in [0.25, 0.3) is 0 Å². The number of benzene rings is 1. The third kappa shape index (κ3) is 4.44. The van der Waals surface area contributed by atoms with E-state index in [1.807, 2.05) is 12.1 Å². The summed E-state index contributed by atoms with van der Waals surface area (Å²) in [4.78, 5) is 19.9. The lowest BCUT2D eigenvalue weighted by atomic mass is 10.2. The van der Waals surface area contributed by atoms with Crippen molar-refractivity contribution in [2.45, 2.75) is 13.8 Å². The van der Waals surface area contributed by atoms with E-state index in [4.69, 9.17) is 4.74 Å². The first kappa shape index (κ1) is 15.8. The number of nitrogens with zero attached hydrogens (tertiary/aromatic N) is 2. The first-order chi connectivity index (χ1) is 10.6. The summed E-state index contributed by atoms with van der Waals surface area (Å²) < 4.78 is 4.71. The summed E-state index contributed by atoms with van der Waals surface area (Å²) in [6.07, 6.45) is 1.50. The average Bonchev–Trinajstić information content (AvgIpc) is 2.53. The molecule has 0 amide bonds. The Balaban J connectivity index is 2.10. The third-order valence-corrected chi connectivity index (χ3v) is 2.91. The molecule has 1 heterocycles. The molecule has 0 aliphatic heterocycles. The SMILES string of the molecule is COC(=O)c1cccc(Nc2cc(NCC(C)C)ncn2)c1. The van der Waals surface area contributed by atoms with Crippen molar-refractivity contribution in [3.05, 3.63) is 42.2 Å². The quantitative estimate of drug-likeness (QED) is 0.798. The molecule has 2 N–H and O–H groups in total. The number of rotatable bonds is 6. The Hall–Kier alpha value is -2.63. The molecule has 0 bridgehead atoms. The minimum absolute atomic E-state index is 0.370. The molecule has 6 nitrogen and oxygen atoms in total. The second-order valence-corrected chi connectivity index (χ2v) is 5.26. The lowest BCUT2D eigenvalue weighted by Crippen LogP contribution is -2.09. The highest BCUT2D eigenvalue weighted by molar-refractivity contribution is 5.90. The van der Waals surface area contributed by atoms with Gasteiger partial charge in [-0.25, -0.2) is 14.8 Å². The van der Waals surface area contributed by atoms with E-state index in [1.165, 1.54) is 13.4 Å². The maximum atomic E-state index is 11.5. The molecular formula is C16H20N4O2. The Labute approximate surface area is 129 Å². The van der Waals surface area contributed by atoms with Crippen molar-refractivity contribution in [3.8, 4) is 0 Å². The smallest absolute Gasteiger partial charge is 0.337 e. The van der Waals surface area contributed by atoms with E-state index < -0.39 is 0 Å². The number of carbonyl (C=O) groups excluding carboxylic acids is 1. The van der Waals surface area contributed by atoms with E-state index in [9.17, 15) is 4.79 Å². The number of methoxy groups -OCH3 is 1. The largest absolute Gasteiger partial charge is 0.465 e. The summed E-state index contributed by atoms with van der Waals surface area (Å²) >= 11 is 0. The Morgan fingerprint density at radius 2 is 2.00 bits per heavy atom. The van der Waals surface area contributed by atoms with Crippen molar-refractivity contribution < 1.29 is 9.53 Å². The minimum Gasteiger partial charge on any atom is -0.465 e. The minimum atomic E-state index is -0.370. The highest BCUT2D eigenvalue weighted by Gasteiger charge is 2.06. The predicted molar refractivity (Wildman–Crippen MR) is 86.4 cm³/mol. The Morgan fingerprint density at radius 3 is 2.73 bits per heavy atom. The summed E-state index contributed by atoms with van der Waals surface area (Å²) in [5, 5.41) is 6.40. The Kier molecular flexibility index (Phi) is 5.30. The first-order valence-corrected chi connectivity index (χ1v) is 7.10. The van der Waals surface area contributed by atoms with Crippen LogP contribution in [0.4, 0.5) is 17.3 Å². The van der Waals surface area contributed by atoms with Gasteiger partial charge in [-0.1, -0.05) is 19.9 Å². The number of carbonyl (C=O) groups is 1. The van der Waals surface area contributed by atoms with Crippen LogP contribution in [0.15, 0.2) is 36.7 Å². The van der Waals surface area contributed by atoms with Crippen LogP contribution in [0.1, 0.15) is 24.2 Å². The van der Waals surface area contributed by atoms with E-state index in [1.54, 1.807) is 18.2 Å². The molecule has 0 atom stereocenters. The summed E-state index contributed by atoms with van der Waals surface area (Å²) in [6, 6.07) is 8.89. The fourth-order valence-electron chi connectivity index (χ4n) is 1.82. The van der Waals surface area contributed by atoms with Gasteiger partial charge in [-0.15, -0.1) is 0 Å². The van der Waals surface area contributed by atoms with Crippen LogP contribution in [0.3, 0.4) is 0 Å². The van der Waals surface area contributed by atoms with Crippen LogP contribution in [0.5, 0.6) is 0 Å². The number of esters is 1. The van der Waals surface area contributed by atoms with Crippen molar-refractivity contribution in [1.29, 1.82) is 0 Å². The van der Waals surface area contributed by atoms with Crippen LogP contribution >= 0.6 is 0 Å². The number of ether oxygens (including phenoxy) is 1. The van der Waals surface area contributed by atoms with Crippen LogP contribution in [0.2, 0.25) is 0 Å². The average molecular weight is 300 g/mol. The van der Waals surface area contributed by atoms with Gasteiger partial charge in [0, 0.05) is 18.3 Å². The van der Waals surface area contributed by atoms with Crippen LogP contribution in [-0.4, -0.2) is 29.6 Å². The zero-order valence-electron chi connectivity index (χ0n) is 13.0. The third-order valence-electron chi connectivity index (χ3n) is 2.91. The van der Waals surface area contributed by atoms with Gasteiger partial charge in [0.15, 0.2) is 0 Å². The maximum absolute atomic E-state index is 11.5. The zero-order valence-corrected chi connectivity index (χ0v) is 13.0. The molecular weight excluding hydrogens is 280 g/mol. The van der Waals surface area contributed by atoms with Crippen LogP contribution < -0.4 is 10.6 Å². The van der Waals surface area contributed by atoms with Crippen molar-refractivity contribution in [2.24, 2.45) is 5.92 Å². The van der Waals surface area contributed by atoms with Crippen molar-refractivity contribution in [1.82, 2.24) is 9.97 Å². The van der Waals surface area contributed by atoms with E-state index in [-0.39, 0.29) is 5.97 Å². The standard InChI is InChI=1S/C16H20N4O2/c1-11(2)9-17-14-8-15(19-10-18-14)20-13-6-4-5-12(7-13)16(21)22-3/h4-8,10-11H,9H2,1-3H3,(H2,17,18,19,20). The van der Waals surface area contributed by atoms with Gasteiger partial charge in [-0.3, -0.25) is 0 Å². The monoisotopic (exact) mass is 300 g/mol. The topological polar surface area (TPSA) is 76.1 Å². The molecule has 22 heavy (non-hydrogen) atoms. The van der Waals surface area contributed by atoms with Gasteiger partial charge >= 0.3 is 5.97 Å². The van der Waals surface area contributed by atoms with E-state index >= 15 is 0 Å². The van der Waals surface area contributed by atoms with Gasteiger partial charge in [0.1, 0.15) is 18.0 Å². The zero-order chi connectivity index (χ0) is 15.9. The fourth-order valence-corrected chi connectivity index (χ4v) is 1.82. The molecule has 116 valence electrons. The van der Waals surface area contributed by atoms with E-state index in [2.05, 4.69) is 34.4 Å². The number of hydrogen-bond donors (Lipinski definition) is 2. The molecule has 0 aliphatic rings. The molecule has 6 heteroatoms. The van der Waals surface area contributed by atoms with E-state index in [0.29, 0.717) is 17.3 Å². The molecule has 1 aromatic heterocycles. The van der Waals surface area contributed by atoms with Crippen molar-refractivity contribution in [3.63, 3.8) is 0 Å². The molecule has 0 aliphatic carbocycles. The summed E-state index contributed by atoms with van der Waals surface area (Å²) in [6.45, 7) is 5.10. The Morgan fingerprint density at radius 1 is 1.23 bits per heavy atom. The molecule has 2 rings (SSSR count).